The summed E-state index contributed by atoms with van der Waals surface area (Å²) in [6.07, 6.45) is 0.936. The van der Waals surface area contributed by atoms with Crippen LogP contribution in [0, 0.1) is 6.92 Å². The first kappa shape index (κ1) is 17.1. The van der Waals surface area contributed by atoms with Crippen molar-refractivity contribution in [3.05, 3.63) is 45.2 Å². The molecule has 0 aliphatic carbocycles. The van der Waals surface area contributed by atoms with E-state index in [1.807, 2.05) is 19.1 Å². The zero-order valence-electron chi connectivity index (χ0n) is 14.6. The molecule has 1 aliphatic rings. The molecule has 2 heterocycles. The zero-order chi connectivity index (χ0) is 17.1. The Kier molecular flexibility index (Phi) is 5.33. The van der Waals surface area contributed by atoms with Crippen LogP contribution in [-0.4, -0.2) is 59.2 Å². The monoisotopic (exact) mass is 329 g/mol. The van der Waals surface area contributed by atoms with Crippen molar-refractivity contribution < 1.29 is 5.11 Å². The van der Waals surface area contributed by atoms with Gasteiger partial charge in [0.05, 0.1) is 6.61 Å². The van der Waals surface area contributed by atoms with E-state index >= 15 is 0 Å². The highest BCUT2D eigenvalue weighted by Gasteiger charge is 2.19. The number of β-amino-alcohol motifs (C(OH)–C–C–N with tert-alkyl or cyclic N) is 1. The molecule has 1 aromatic carbocycles. The normalized spacial score (nSPS) is 16.8. The molecule has 2 aromatic rings. The summed E-state index contributed by atoms with van der Waals surface area (Å²) >= 11 is 0. The highest BCUT2D eigenvalue weighted by atomic mass is 16.3. The third-order valence-electron chi connectivity index (χ3n) is 5.05. The Morgan fingerprint density at radius 1 is 1.17 bits per heavy atom. The van der Waals surface area contributed by atoms with E-state index in [1.54, 1.807) is 0 Å². The summed E-state index contributed by atoms with van der Waals surface area (Å²) in [5.74, 6) is 0. The number of aromatic amines is 1. The number of aliphatic hydroxyl groups is 1. The molecule has 0 amide bonds. The van der Waals surface area contributed by atoms with Gasteiger partial charge in [-0.15, -0.1) is 0 Å². The van der Waals surface area contributed by atoms with Gasteiger partial charge in [-0.05, 0) is 31.0 Å². The van der Waals surface area contributed by atoms with Crippen LogP contribution in [0.3, 0.4) is 0 Å². The number of nitrogens with one attached hydrogen (secondary N) is 1. The molecule has 5 nitrogen and oxygen atoms in total. The van der Waals surface area contributed by atoms with Gasteiger partial charge in [-0.1, -0.05) is 13.0 Å². The van der Waals surface area contributed by atoms with Gasteiger partial charge in [-0.2, -0.15) is 0 Å². The fraction of sp³-hybridized carbons (Fsp3) is 0.526. The van der Waals surface area contributed by atoms with E-state index in [-0.39, 0.29) is 12.0 Å². The number of benzene rings is 1. The lowest BCUT2D eigenvalue weighted by molar-refractivity contribution is 0.108. The maximum Gasteiger partial charge on any atom is 0.194 e. The molecule has 1 saturated heterocycles. The van der Waals surface area contributed by atoms with Crippen molar-refractivity contribution in [3.63, 3.8) is 0 Å². The molecule has 1 fully saturated rings. The largest absolute Gasteiger partial charge is 0.395 e. The van der Waals surface area contributed by atoms with E-state index in [0.717, 1.165) is 61.3 Å². The number of aryl methyl sites for hydroxylation is 2. The first-order valence-electron chi connectivity index (χ1n) is 8.82. The van der Waals surface area contributed by atoms with Crippen molar-refractivity contribution in [3.8, 4) is 0 Å². The van der Waals surface area contributed by atoms with E-state index < -0.39 is 0 Å². The summed E-state index contributed by atoms with van der Waals surface area (Å²) in [6, 6.07) is 6.12. The Morgan fingerprint density at radius 2 is 1.88 bits per heavy atom. The van der Waals surface area contributed by atoms with Crippen LogP contribution in [-0.2, 0) is 13.0 Å². The van der Waals surface area contributed by atoms with Crippen molar-refractivity contribution in [2.24, 2.45) is 0 Å². The lowest BCUT2D eigenvalue weighted by atomic mass is 10.0. The van der Waals surface area contributed by atoms with E-state index in [0.29, 0.717) is 6.54 Å². The van der Waals surface area contributed by atoms with Crippen LogP contribution >= 0.6 is 0 Å². The van der Waals surface area contributed by atoms with Crippen molar-refractivity contribution in [2.45, 2.75) is 26.8 Å². The van der Waals surface area contributed by atoms with Crippen molar-refractivity contribution >= 4 is 10.9 Å². The summed E-state index contributed by atoms with van der Waals surface area (Å²) in [6.45, 7) is 9.52. The van der Waals surface area contributed by atoms with Crippen LogP contribution in [0.2, 0.25) is 0 Å². The summed E-state index contributed by atoms with van der Waals surface area (Å²) < 4.78 is 0. The van der Waals surface area contributed by atoms with Gasteiger partial charge in [-0.3, -0.25) is 14.6 Å². The third-order valence-corrected chi connectivity index (χ3v) is 5.05. The van der Waals surface area contributed by atoms with Gasteiger partial charge in [0, 0.05) is 61.4 Å². The van der Waals surface area contributed by atoms with Gasteiger partial charge in [0.1, 0.15) is 0 Å². The number of pyridine rings is 1. The number of aliphatic hydroxyl groups excluding tert-OH is 1. The van der Waals surface area contributed by atoms with Crippen molar-refractivity contribution in [1.82, 2.24) is 14.8 Å². The molecule has 2 N–H and O–H groups in total. The lowest BCUT2D eigenvalue weighted by Gasteiger charge is -2.34. The molecule has 0 bridgehead atoms. The maximum absolute atomic E-state index is 13.0. The number of fused-ring (bicyclic) bond motifs is 1. The number of aromatic nitrogens is 1. The fourth-order valence-corrected chi connectivity index (χ4v) is 3.44. The highest BCUT2D eigenvalue weighted by Crippen LogP contribution is 2.16. The minimum Gasteiger partial charge on any atom is -0.395 e. The third kappa shape index (κ3) is 3.53. The Labute approximate surface area is 142 Å². The predicted octanol–water partition coefficient (Wildman–Crippen LogP) is 1.51. The molecule has 0 saturated carbocycles. The molecule has 0 atom stereocenters. The Morgan fingerprint density at radius 3 is 2.54 bits per heavy atom. The Balaban J connectivity index is 1.83. The molecule has 130 valence electrons. The van der Waals surface area contributed by atoms with Gasteiger partial charge >= 0.3 is 0 Å². The molecule has 24 heavy (non-hydrogen) atoms. The predicted molar refractivity (Wildman–Crippen MR) is 97.5 cm³/mol. The second-order valence-corrected chi connectivity index (χ2v) is 6.63. The molecular weight excluding hydrogens is 302 g/mol. The molecular formula is C19H27N3O2. The number of rotatable bonds is 5. The van der Waals surface area contributed by atoms with Crippen LogP contribution < -0.4 is 5.43 Å². The average Bonchev–Trinajstić information content (AvgIpc) is 2.60. The number of hydrogen-bond acceptors (Lipinski definition) is 4. The first-order chi connectivity index (χ1) is 11.6. The van der Waals surface area contributed by atoms with Crippen LogP contribution in [0.15, 0.2) is 23.0 Å². The van der Waals surface area contributed by atoms with Crippen molar-refractivity contribution in [2.75, 3.05) is 39.3 Å². The number of piperazine rings is 1. The molecule has 3 rings (SSSR count). The molecule has 0 spiro atoms. The number of H-pyrrole nitrogens is 1. The van der Waals surface area contributed by atoms with E-state index in [4.69, 9.17) is 5.11 Å². The fourth-order valence-electron chi connectivity index (χ4n) is 3.44. The molecule has 5 heteroatoms. The summed E-state index contributed by atoms with van der Waals surface area (Å²) in [5, 5.41) is 9.83. The molecule has 0 unspecified atom stereocenters. The van der Waals surface area contributed by atoms with E-state index in [2.05, 4.69) is 27.8 Å². The smallest absolute Gasteiger partial charge is 0.194 e. The van der Waals surface area contributed by atoms with Crippen LogP contribution in [0.25, 0.3) is 10.9 Å². The van der Waals surface area contributed by atoms with Gasteiger partial charge in [0.15, 0.2) is 5.43 Å². The molecule has 1 aromatic heterocycles. The van der Waals surface area contributed by atoms with E-state index in [9.17, 15) is 4.79 Å². The Bertz CT molecular complexity index is 761. The second-order valence-electron chi connectivity index (χ2n) is 6.63. The first-order valence-corrected chi connectivity index (χ1v) is 8.82. The molecule has 1 aliphatic heterocycles. The summed E-state index contributed by atoms with van der Waals surface area (Å²) in [7, 11) is 0. The minimum atomic E-state index is 0.161. The topological polar surface area (TPSA) is 59.6 Å². The lowest BCUT2D eigenvalue weighted by Crippen LogP contribution is -2.47. The standard InChI is InChI=1S/C19H27N3O2/c1-3-15-4-5-18-16(12-15)19(24)17(14(2)20-18)13-22-8-6-21(7-9-22)10-11-23/h4-5,12,23H,3,6-11,13H2,1-2H3,(H,20,24). The highest BCUT2D eigenvalue weighted by molar-refractivity contribution is 5.80. The van der Waals surface area contributed by atoms with E-state index in [1.165, 1.54) is 5.56 Å². The minimum absolute atomic E-state index is 0.161. The quantitative estimate of drug-likeness (QED) is 0.873. The second kappa shape index (κ2) is 7.47. The van der Waals surface area contributed by atoms with Crippen LogP contribution in [0.1, 0.15) is 23.7 Å². The SMILES string of the molecule is CCc1ccc2[nH]c(C)c(CN3CCN(CCO)CC3)c(=O)c2c1. The van der Waals surface area contributed by atoms with Gasteiger partial charge in [-0.25, -0.2) is 0 Å². The van der Waals surface area contributed by atoms with Crippen LogP contribution in [0.4, 0.5) is 0 Å². The summed E-state index contributed by atoms with van der Waals surface area (Å²) in [4.78, 5) is 21.0. The Hall–Kier alpha value is -1.69. The number of nitrogens with zero attached hydrogens (tertiary/aromatic N) is 2. The van der Waals surface area contributed by atoms with Gasteiger partial charge < -0.3 is 10.1 Å². The van der Waals surface area contributed by atoms with Crippen molar-refractivity contribution in [1.29, 1.82) is 0 Å². The van der Waals surface area contributed by atoms with Gasteiger partial charge in [0.2, 0.25) is 0 Å². The maximum atomic E-state index is 13.0. The number of hydrogen-bond donors (Lipinski definition) is 2. The van der Waals surface area contributed by atoms with Crippen LogP contribution in [0.5, 0.6) is 0 Å². The molecule has 0 radical (unpaired) electrons. The zero-order valence-corrected chi connectivity index (χ0v) is 14.6. The summed E-state index contributed by atoms with van der Waals surface area (Å²) in [5.41, 5.74) is 4.13. The van der Waals surface area contributed by atoms with Gasteiger partial charge in [0.25, 0.3) is 0 Å². The average molecular weight is 329 g/mol.